The molecule has 2 atom stereocenters. The molecule has 0 saturated heterocycles. The molecule has 1 aromatic carbocycles. The van der Waals surface area contributed by atoms with Gasteiger partial charge in [0.15, 0.2) is 0 Å². The van der Waals surface area contributed by atoms with Gasteiger partial charge in [-0.05, 0) is 31.0 Å². The highest BCUT2D eigenvalue weighted by Gasteiger charge is 2.09. The number of nitrogens with zero attached hydrogens (tertiary/aromatic N) is 3. The summed E-state index contributed by atoms with van der Waals surface area (Å²) in [6.45, 7) is 3.43. The van der Waals surface area contributed by atoms with E-state index >= 15 is 0 Å². The van der Waals surface area contributed by atoms with Gasteiger partial charge in [0.2, 0.25) is 0 Å². The van der Waals surface area contributed by atoms with Gasteiger partial charge in [0, 0.05) is 19.1 Å². The number of aromatic nitrogens is 3. The normalized spacial score (nSPS) is 13.9. The zero-order valence-electron chi connectivity index (χ0n) is 12.4. The van der Waals surface area contributed by atoms with Gasteiger partial charge in [-0.1, -0.05) is 12.1 Å². The van der Waals surface area contributed by atoms with Crippen LogP contribution in [0.1, 0.15) is 25.0 Å². The van der Waals surface area contributed by atoms with Gasteiger partial charge in [-0.15, -0.1) is 0 Å². The van der Waals surface area contributed by atoms with Crippen molar-refractivity contribution in [2.75, 3.05) is 13.7 Å². The summed E-state index contributed by atoms with van der Waals surface area (Å²) < 4.78 is 6.91. The molecule has 6 heteroatoms. The van der Waals surface area contributed by atoms with E-state index in [1.807, 2.05) is 24.3 Å². The first-order valence-corrected chi connectivity index (χ1v) is 7.07. The van der Waals surface area contributed by atoms with E-state index in [1.54, 1.807) is 18.1 Å². The van der Waals surface area contributed by atoms with Crippen LogP contribution in [0.5, 0.6) is 5.75 Å². The molecule has 0 bridgehead atoms. The van der Waals surface area contributed by atoms with Crippen molar-refractivity contribution >= 4 is 0 Å². The molecule has 21 heavy (non-hydrogen) atoms. The number of nitrogens with one attached hydrogen (secondary N) is 1. The number of methoxy groups -OCH3 is 1. The molecule has 2 N–H and O–H groups in total. The maximum absolute atomic E-state index is 10.2. The van der Waals surface area contributed by atoms with Crippen LogP contribution >= 0.6 is 0 Å². The third-order valence-electron chi connectivity index (χ3n) is 3.42. The first-order valence-electron chi connectivity index (χ1n) is 7.07. The average molecular weight is 290 g/mol. The van der Waals surface area contributed by atoms with Crippen LogP contribution in [0.2, 0.25) is 0 Å². The van der Waals surface area contributed by atoms with E-state index in [0.717, 1.165) is 24.3 Å². The fraction of sp³-hybridized carbons (Fsp3) is 0.467. The van der Waals surface area contributed by atoms with Crippen molar-refractivity contribution in [3.8, 4) is 5.75 Å². The first-order chi connectivity index (χ1) is 10.2. The Kier molecular flexibility index (Phi) is 5.71. The van der Waals surface area contributed by atoms with Crippen molar-refractivity contribution in [1.82, 2.24) is 20.1 Å². The molecule has 2 unspecified atom stereocenters. The minimum Gasteiger partial charge on any atom is -0.497 e. The van der Waals surface area contributed by atoms with Gasteiger partial charge in [-0.2, -0.15) is 5.10 Å². The molecule has 2 rings (SSSR count). The van der Waals surface area contributed by atoms with Crippen LogP contribution < -0.4 is 10.1 Å². The quantitative estimate of drug-likeness (QED) is 0.768. The van der Waals surface area contributed by atoms with Crippen molar-refractivity contribution in [2.45, 2.75) is 32.0 Å². The molecule has 0 saturated carbocycles. The monoisotopic (exact) mass is 290 g/mol. The molecule has 114 valence electrons. The molecular formula is C15H22N4O2. The molecule has 0 spiro atoms. The summed E-state index contributed by atoms with van der Waals surface area (Å²) in [7, 11) is 1.63. The van der Waals surface area contributed by atoms with Crippen LogP contribution in [0, 0.1) is 0 Å². The zero-order chi connectivity index (χ0) is 15.1. The number of hydrogen-bond acceptors (Lipinski definition) is 5. The highest BCUT2D eigenvalue weighted by atomic mass is 16.5. The second-order valence-electron chi connectivity index (χ2n) is 5.05. The van der Waals surface area contributed by atoms with Crippen LogP contribution in [-0.4, -0.2) is 39.6 Å². The van der Waals surface area contributed by atoms with Gasteiger partial charge in [0.05, 0.1) is 13.2 Å². The van der Waals surface area contributed by atoms with Gasteiger partial charge in [-0.3, -0.25) is 4.68 Å². The van der Waals surface area contributed by atoms with Crippen molar-refractivity contribution in [3.05, 3.63) is 42.5 Å². The number of ether oxygens (including phenoxy) is 1. The van der Waals surface area contributed by atoms with E-state index < -0.39 is 6.10 Å². The second kappa shape index (κ2) is 7.75. The Morgan fingerprint density at radius 2 is 2.10 bits per heavy atom. The highest BCUT2D eigenvalue weighted by Crippen LogP contribution is 2.17. The van der Waals surface area contributed by atoms with E-state index in [0.29, 0.717) is 12.6 Å². The summed E-state index contributed by atoms with van der Waals surface area (Å²) in [5, 5.41) is 17.5. The van der Waals surface area contributed by atoms with Crippen LogP contribution in [0.25, 0.3) is 0 Å². The minimum absolute atomic E-state index is 0.294. The van der Waals surface area contributed by atoms with Crippen molar-refractivity contribution < 1.29 is 9.84 Å². The van der Waals surface area contributed by atoms with E-state index in [2.05, 4.69) is 22.3 Å². The summed E-state index contributed by atoms with van der Waals surface area (Å²) in [6, 6.07) is 7.76. The lowest BCUT2D eigenvalue weighted by Crippen LogP contribution is -2.31. The second-order valence-corrected chi connectivity index (χ2v) is 5.05. The smallest absolute Gasteiger partial charge is 0.137 e. The third kappa shape index (κ3) is 4.84. The Morgan fingerprint density at radius 1 is 1.33 bits per heavy atom. The van der Waals surface area contributed by atoms with Crippen LogP contribution in [0.15, 0.2) is 36.9 Å². The Morgan fingerprint density at radius 3 is 2.71 bits per heavy atom. The van der Waals surface area contributed by atoms with Gasteiger partial charge in [0.25, 0.3) is 0 Å². The van der Waals surface area contributed by atoms with Crippen molar-refractivity contribution in [1.29, 1.82) is 0 Å². The topological polar surface area (TPSA) is 72.2 Å². The molecule has 0 aliphatic heterocycles. The lowest BCUT2D eigenvalue weighted by molar-refractivity contribution is 0.169. The predicted octanol–water partition coefficient (Wildman–Crippen LogP) is 1.39. The molecule has 0 amide bonds. The molecule has 0 radical (unpaired) electrons. The largest absolute Gasteiger partial charge is 0.497 e. The number of aliphatic hydroxyl groups excluding tert-OH is 1. The lowest BCUT2D eigenvalue weighted by atomic mass is 10.1. The van der Waals surface area contributed by atoms with Crippen molar-refractivity contribution in [2.24, 2.45) is 0 Å². The number of benzene rings is 1. The zero-order valence-corrected chi connectivity index (χ0v) is 12.4. The highest BCUT2D eigenvalue weighted by molar-refractivity contribution is 5.28. The SMILES string of the molecule is COc1ccc(C(O)CNC(C)CCn2cncn2)cc1. The van der Waals surface area contributed by atoms with E-state index in [1.165, 1.54) is 6.33 Å². The van der Waals surface area contributed by atoms with Crippen LogP contribution in [0.4, 0.5) is 0 Å². The molecule has 0 aliphatic carbocycles. The summed E-state index contributed by atoms with van der Waals surface area (Å²) in [5.41, 5.74) is 0.881. The first kappa shape index (κ1) is 15.5. The molecular weight excluding hydrogens is 268 g/mol. The Hall–Kier alpha value is -1.92. The van der Waals surface area contributed by atoms with E-state index in [4.69, 9.17) is 4.74 Å². The molecule has 6 nitrogen and oxygen atoms in total. The fourth-order valence-electron chi connectivity index (χ4n) is 2.03. The fourth-order valence-corrected chi connectivity index (χ4v) is 2.03. The summed E-state index contributed by atoms with van der Waals surface area (Å²) >= 11 is 0. The number of aryl methyl sites for hydroxylation is 1. The standard InChI is InChI=1S/C15H22N4O2/c1-12(7-8-19-11-16-10-18-19)17-9-15(20)13-3-5-14(21-2)6-4-13/h3-6,10-12,15,17,20H,7-9H2,1-2H3. The Labute approximate surface area is 124 Å². The Bertz CT molecular complexity index is 513. The molecule has 0 fully saturated rings. The molecule has 1 heterocycles. The molecule has 1 aromatic heterocycles. The van der Waals surface area contributed by atoms with E-state index in [9.17, 15) is 5.11 Å². The van der Waals surface area contributed by atoms with E-state index in [-0.39, 0.29) is 0 Å². The maximum Gasteiger partial charge on any atom is 0.137 e. The predicted molar refractivity (Wildman–Crippen MR) is 80.1 cm³/mol. The van der Waals surface area contributed by atoms with Crippen LogP contribution in [0.3, 0.4) is 0 Å². The van der Waals surface area contributed by atoms with Crippen molar-refractivity contribution in [3.63, 3.8) is 0 Å². The molecule has 2 aromatic rings. The van der Waals surface area contributed by atoms with Gasteiger partial charge >= 0.3 is 0 Å². The van der Waals surface area contributed by atoms with Gasteiger partial charge in [-0.25, -0.2) is 4.98 Å². The van der Waals surface area contributed by atoms with Gasteiger partial charge < -0.3 is 15.2 Å². The number of hydrogen-bond donors (Lipinski definition) is 2. The summed E-state index contributed by atoms with van der Waals surface area (Å²) in [6.07, 6.45) is 3.65. The van der Waals surface area contributed by atoms with Gasteiger partial charge in [0.1, 0.15) is 18.4 Å². The summed E-state index contributed by atoms with van der Waals surface area (Å²) in [5.74, 6) is 0.792. The maximum atomic E-state index is 10.2. The minimum atomic E-state index is -0.523. The van der Waals surface area contributed by atoms with Crippen LogP contribution in [-0.2, 0) is 6.54 Å². The number of rotatable bonds is 8. The molecule has 0 aliphatic rings. The summed E-state index contributed by atoms with van der Waals surface area (Å²) in [4.78, 5) is 3.91. The lowest BCUT2D eigenvalue weighted by Gasteiger charge is -2.17. The number of aliphatic hydroxyl groups is 1. The average Bonchev–Trinajstić information content (AvgIpc) is 3.04. The Balaban J connectivity index is 1.73. The third-order valence-corrected chi connectivity index (χ3v) is 3.42.